The number of anilines is 2. The smallest absolute Gasteiger partial charge is 0.306 e. The highest BCUT2D eigenvalue weighted by Gasteiger charge is 2.33. The number of β-amino-alcohol motifs (C(OH)–C–C–N with tert-alkyl or cyclic N) is 1. The van der Waals surface area contributed by atoms with E-state index in [0.29, 0.717) is 78.3 Å². The Morgan fingerprint density at radius 2 is 1.31 bits per heavy atom. The van der Waals surface area contributed by atoms with Crippen molar-refractivity contribution in [2.75, 3.05) is 67.3 Å². The number of unbranched alkanes of at least 4 members (excludes halogenated alkanes) is 2. The maximum atomic E-state index is 12.1. The summed E-state index contributed by atoms with van der Waals surface area (Å²) in [6, 6.07) is 3.76. The topological polar surface area (TPSA) is 124 Å². The molecule has 3 saturated heterocycles. The van der Waals surface area contributed by atoms with E-state index in [1.807, 2.05) is 17.0 Å². The van der Waals surface area contributed by atoms with E-state index in [4.69, 9.17) is 42.1 Å². The van der Waals surface area contributed by atoms with Crippen LogP contribution in [0.2, 0.25) is 10.0 Å². The van der Waals surface area contributed by atoms with E-state index < -0.39 is 0 Å². The van der Waals surface area contributed by atoms with E-state index in [9.17, 15) is 14.7 Å². The van der Waals surface area contributed by atoms with E-state index in [2.05, 4.69) is 42.6 Å². The fourth-order valence-corrected chi connectivity index (χ4v) is 9.22. The first-order valence-corrected chi connectivity index (χ1v) is 24.2. The Bertz CT molecular complexity index is 1510. The van der Waals surface area contributed by atoms with Crippen molar-refractivity contribution in [1.82, 2.24) is 9.97 Å². The maximum Gasteiger partial charge on any atom is 0.306 e. The molecule has 0 spiro atoms. The predicted molar refractivity (Wildman–Crippen MR) is 237 cm³/mol. The summed E-state index contributed by atoms with van der Waals surface area (Å²) in [5.74, 6) is 3.40. The molecular weight excluding hydrogens is 820 g/mol. The largest absolute Gasteiger partial charge is 0.465 e. The summed E-state index contributed by atoms with van der Waals surface area (Å²) in [5, 5.41) is 10.7. The minimum Gasteiger partial charge on any atom is -0.465 e. The summed E-state index contributed by atoms with van der Waals surface area (Å²) in [6.45, 7) is 13.2. The van der Waals surface area contributed by atoms with Crippen LogP contribution in [0.3, 0.4) is 0 Å². The van der Waals surface area contributed by atoms with Crippen LogP contribution in [-0.2, 0) is 28.5 Å². The number of aromatic nitrogens is 2. The number of rotatable bonds is 24. The molecular formula is C43H66Cl2N4O7S2. The van der Waals surface area contributed by atoms with Crippen LogP contribution < -0.4 is 9.80 Å². The normalized spacial score (nSPS) is 18.1. The highest BCUT2D eigenvalue weighted by Crippen LogP contribution is 2.37. The molecule has 0 bridgehead atoms. The molecule has 0 radical (unpaired) electrons. The number of esters is 2. The van der Waals surface area contributed by atoms with Gasteiger partial charge in [-0.3, -0.25) is 9.59 Å². The molecule has 0 aromatic carbocycles. The third-order valence-corrected chi connectivity index (χ3v) is 13.7. The van der Waals surface area contributed by atoms with Crippen molar-refractivity contribution < 1.29 is 33.6 Å². The van der Waals surface area contributed by atoms with Gasteiger partial charge in [0.2, 0.25) is 0 Å². The summed E-state index contributed by atoms with van der Waals surface area (Å²) in [6.07, 6.45) is 16.3. The molecule has 326 valence electrons. The molecule has 58 heavy (non-hydrogen) atoms. The van der Waals surface area contributed by atoms with Crippen LogP contribution >= 0.6 is 46.7 Å². The van der Waals surface area contributed by atoms with Gasteiger partial charge in [0.1, 0.15) is 11.6 Å². The van der Waals surface area contributed by atoms with Crippen molar-refractivity contribution in [2.45, 2.75) is 139 Å². The molecule has 2 aromatic heterocycles. The van der Waals surface area contributed by atoms with E-state index in [0.717, 1.165) is 73.8 Å². The Labute approximate surface area is 365 Å². The van der Waals surface area contributed by atoms with Gasteiger partial charge < -0.3 is 33.9 Å². The molecule has 0 saturated carbocycles. The fraction of sp³-hybridized carbons (Fsp3) is 0.721. The lowest BCUT2D eigenvalue weighted by atomic mass is 10.0. The van der Waals surface area contributed by atoms with E-state index in [-0.39, 0.29) is 30.4 Å². The van der Waals surface area contributed by atoms with Crippen LogP contribution in [0.25, 0.3) is 0 Å². The minimum absolute atomic E-state index is 0.0692. The van der Waals surface area contributed by atoms with Crippen LogP contribution in [0.15, 0.2) is 34.3 Å². The number of carbonyl (C=O) groups is 2. The molecule has 15 heteroatoms. The number of hydrogen-bond donors (Lipinski definition) is 1. The van der Waals surface area contributed by atoms with Gasteiger partial charge in [-0.25, -0.2) is 9.97 Å². The first-order chi connectivity index (χ1) is 28.1. The summed E-state index contributed by atoms with van der Waals surface area (Å²) < 4.78 is 22.6. The van der Waals surface area contributed by atoms with Crippen molar-refractivity contribution in [3.63, 3.8) is 0 Å². The summed E-state index contributed by atoms with van der Waals surface area (Å²) in [7, 11) is 0. The lowest BCUT2D eigenvalue weighted by Crippen LogP contribution is -2.54. The number of thioether (sulfide) groups is 2. The summed E-state index contributed by atoms with van der Waals surface area (Å²) in [4.78, 5) is 38.8. The molecule has 3 aliphatic rings. The SMILES string of the molecule is CCCCC(CC)COC(=O)CCSc1ccnc(N2CC(O)C2)c1Cl.CCCCC(CC)COC(=O)CCSc1ccnc(N2CC(OC3CCCCO3)C2)c1Cl. The molecule has 0 aliphatic carbocycles. The van der Waals surface area contributed by atoms with Crippen molar-refractivity contribution in [2.24, 2.45) is 11.8 Å². The van der Waals surface area contributed by atoms with Crippen LogP contribution in [0.4, 0.5) is 11.6 Å². The van der Waals surface area contributed by atoms with Gasteiger partial charge in [0.05, 0.1) is 48.3 Å². The highest BCUT2D eigenvalue weighted by atomic mass is 35.5. The molecule has 3 fully saturated rings. The monoisotopic (exact) mass is 884 g/mol. The Balaban J connectivity index is 0.000000262. The number of ether oxygens (including phenoxy) is 4. The number of aliphatic hydroxyl groups excluding tert-OH is 1. The van der Waals surface area contributed by atoms with E-state index >= 15 is 0 Å². The second-order valence-corrected chi connectivity index (χ2v) is 18.3. The molecule has 1 N–H and O–H groups in total. The molecule has 11 nitrogen and oxygen atoms in total. The van der Waals surface area contributed by atoms with Gasteiger partial charge in [-0.2, -0.15) is 0 Å². The molecule has 5 rings (SSSR count). The lowest BCUT2D eigenvalue weighted by molar-refractivity contribution is -0.191. The zero-order valence-electron chi connectivity index (χ0n) is 35.0. The summed E-state index contributed by atoms with van der Waals surface area (Å²) in [5.41, 5.74) is 0. The van der Waals surface area contributed by atoms with Gasteiger partial charge in [-0.05, 0) is 56.1 Å². The van der Waals surface area contributed by atoms with Crippen LogP contribution in [-0.4, -0.2) is 103 Å². The summed E-state index contributed by atoms with van der Waals surface area (Å²) >= 11 is 16.2. The van der Waals surface area contributed by atoms with Crippen molar-refractivity contribution in [1.29, 1.82) is 0 Å². The van der Waals surface area contributed by atoms with Crippen LogP contribution in [0, 0.1) is 11.8 Å². The number of pyridine rings is 2. The third-order valence-electron chi connectivity index (χ3n) is 10.6. The second-order valence-electron chi connectivity index (χ2n) is 15.3. The number of aliphatic hydroxyl groups is 1. The molecule has 2 aromatic rings. The third kappa shape index (κ3) is 16.5. The first-order valence-electron chi connectivity index (χ1n) is 21.5. The van der Waals surface area contributed by atoms with Crippen LogP contribution in [0.1, 0.15) is 111 Å². The van der Waals surface area contributed by atoms with Gasteiger partial charge in [-0.1, -0.05) is 89.4 Å². The average Bonchev–Trinajstić information content (AvgIpc) is 3.20. The minimum atomic E-state index is -0.303. The Morgan fingerprint density at radius 3 is 1.74 bits per heavy atom. The number of hydrogen-bond acceptors (Lipinski definition) is 13. The zero-order valence-corrected chi connectivity index (χ0v) is 38.2. The van der Waals surface area contributed by atoms with Crippen molar-refractivity contribution in [3.05, 3.63) is 34.6 Å². The molecule has 0 amide bonds. The Kier molecular flexibility index (Phi) is 22.7. The van der Waals surface area contributed by atoms with Gasteiger partial charge in [-0.15, -0.1) is 23.5 Å². The number of carbonyl (C=O) groups excluding carboxylic acids is 2. The Morgan fingerprint density at radius 1 is 0.810 bits per heavy atom. The number of halogens is 2. The molecule has 5 heterocycles. The van der Waals surface area contributed by atoms with Gasteiger partial charge in [0.15, 0.2) is 6.29 Å². The van der Waals surface area contributed by atoms with Gasteiger partial charge >= 0.3 is 11.9 Å². The van der Waals surface area contributed by atoms with Gasteiger partial charge in [0.25, 0.3) is 0 Å². The average molecular weight is 886 g/mol. The first kappa shape index (κ1) is 48.7. The Hall–Kier alpha value is -2.00. The highest BCUT2D eigenvalue weighted by molar-refractivity contribution is 7.99. The van der Waals surface area contributed by atoms with Crippen LogP contribution in [0.5, 0.6) is 0 Å². The van der Waals surface area contributed by atoms with Gasteiger partial charge in [0, 0.05) is 66.5 Å². The van der Waals surface area contributed by atoms with Crippen molar-refractivity contribution >= 4 is 70.3 Å². The second kappa shape index (κ2) is 27.1. The van der Waals surface area contributed by atoms with E-state index in [1.165, 1.54) is 43.9 Å². The maximum absolute atomic E-state index is 12.1. The zero-order chi connectivity index (χ0) is 41.7. The van der Waals surface area contributed by atoms with E-state index in [1.54, 1.807) is 24.2 Å². The molecule has 3 unspecified atom stereocenters. The quantitative estimate of drug-likeness (QED) is 0.0796. The standard InChI is InChI=1S/C24H37ClN2O4S.C19H29ClN2O3S/c1-3-5-8-18(4-2)17-30-21(28)11-14-32-20-10-12-26-24(23(20)25)27-15-19(16-27)31-22-9-6-7-13-29-22;1-3-5-6-14(4-2)13-25-17(24)8-10-26-16-7-9-21-19(18(16)20)22-11-15(23)12-22/h10,12,18-19,22H,3-9,11,13-17H2,1-2H3;7,9,14-15,23H,3-6,8,10-13H2,1-2H3. The molecule has 3 aliphatic heterocycles. The number of nitrogens with zero attached hydrogens (tertiary/aromatic N) is 4. The fourth-order valence-electron chi connectivity index (χ4n) is 6.70. The predicted octanol–water partition coefficient (Wildman–Crippen LogP) is 9.87. The lowest BCUT2D eigenvalue weighted by Gasteiger charge is -2.42. The molecule has 3 atom stereocenters. The van der Waals surface area contributed by atoms with Crippen molar-refractivity contribution in [3.8, 4) is 0 Å².